The predicted octanol–water partition coefficient (Wildman–Crippen LogP) is 0.298. The number of nitrogens with one attached hydrogen (secondary N) is 1. The molecule has 0 saturated carbocycles. The molecule has 0 fully saturated rings. The summed E-state index contributed by atoms with van der Waals surface area (Å²) in [6, 6.07) is 3.72. The first kappa shape index (κ1) is 11.3. The van der Waals surface area contributed by atoms with E-state index in [9.17, 15) is 4.79 Å². The average molecular weight is 231 g/mol. The van der Waals surface area contributed by atoms with Crippen LogP contribution in [0.3, 0.4) is 0 Å². The number of aryl methyl sites for hydroxylation is 1. The van der Waals surface area contributed by atoms with Gasteiger partial charge in [0.15, 0.2) is 0 Å². The Balaban J connectivity index is 1.85. The lowest BCUT2D eigenvalue weighted by Gasteiger charge is -2.05. The highest BCUT2D eigenvalue weighted by Gasteiger charge is 2.05. The third kappa shape index (κ3) is 3.10. The maximum Gasteiger partial charge on any atom is 0.242 e. The summed E-state index contributed by atoms with van der Waals surface area (Å²) in [5.74, 6) is -0.0876. The molecule has 1 N–H and O–H groups in total. The zero-order valence-corrected chi connectivity index (χ0v) is 9.50. The summed E-state index contributed by atoms with van der Waals surface area (Å²) >= 11 is 0. The van der Waals surface area contributed by atoms with Crippen LogP contribution in [0, 0.1) is 6.92 Å². The topological polar surface area (TPSA) is 72.7 Å². The second kappa shape index (κ2) is 5.20. The van der Waals surface area contributed by atoms with Crippen LogP contribution in [0.2, 0.25) is 0 Å². The maximum absolute atomic E-state index is 11.6. The lowest BCUT2D eigenvalue weighted by atomic mass is 10.3. The number of aromatic nitrogens is 4. The Morgan fingerprint density at radius 2 is 2.18 bits per heavy atom. The van der Waals surface area contributed by atoms with Gasteiger partial charge in [0.2, 0.25) is 5.91 Å². The van der Waals surface area contributed by atoms with Crippen molar-refractivity contribution in [3.63, 3.8) is 0 Å². The van der Waals surface area contributed by atoms with E-state index in [0.29, 0.717) is 6.54 Å². The number of hydrogen-bond acceptors (Lipinski definition) is 4. The number of carbonyl (C=O) groups is 1. The van der Waals surface area contributed by atoms with Gasteiger partial charge in [-0.05, 0) is 24.6 Å². The van der Waals surface area contributed by atoms with Crippen molar-refractivity contribution in [1.82, 2.24) is 25.3 Å². The third-order valence-electron chi connectivity index (χ3n) is 2.34. The van der Waals surface area contributed by atoms with Crippen molar-refractivity contribution >= 4 is 5.91 Å². The van der Waals surface area contributed by atoms with Crippen molar-refractivity contribution in [1.29, 1.82) is 0 Å². The molecule has 0 saturated heterocycles. The van der Waals surface area contributed by atoms with Crippen molar-refractivity contribution in [3.8, 4) is 0 Å². The maximum atomic E-state index is 11.6. The second-order valence-electron chi connectivity index (χ2n) is 3.67. The van der Waals surface area contributed by atoms with Gasteiger partial charge in [-0.1, -0.05) is 5.21 Å². The highest BCUT2D eigenvalue weighted by molar-refractivity contribution is 5.75. The molecule has 0 radical (unpaired) electrons. The summed E-state index contributed by atoms with van der Waals surface area (Å²) in [6.07, 6.45) is 5.02. The molecule has 2 rings (SSSR count). The molecule has 1 amide bonds. The largest absolute Gasteiger partial charge is 0.350 e. The number of nitrogens with zero attached hydrogens (tertiary/aromatic N) is 4. The van der Waals surface area contributed by atoms with Gasteiger partial charge in [0, 0.05) is 18.9 Å². The van der Waals surface area contributed by atoms with Gasteiger partial charge in [0.25, 0.3) is 0 Å². The minimum Gasteiger partial charge on any atom is -0.350 e. The van der Waals surface area contributed by atoms with Gasteiger partial charge in [-0.3, -0.25) is 9.78 Å². The van der Waals surface area contributed by atoms with E-state index in [1.807, 2.05) is 19.1 Å². The molecule has 17 heavy (non-hydrogen) atoms. The van der Waals surface area contributed by atoms with E-state index in [2.05, 4.69) is 20.6 Å². The zero-order chi connectivity index (χ0) is 12.1. The number of rotatable bonds is 4. The van der Waals surface area contributed by atoms with Crippen LogP contribution in [0.25, 0.3) is 0 Å². The minimum atomic E-state index is -0.0876. The molecule has 88 valence electrons. The van der Waals surface area contributed by atoms with Gasteiger partial charge >= 0.3 is 0 Å². The smallest absolute Gasteiger partial charge is 0.242 e. The Labute approximate surface area is 98.7 Å². The van der Waals surface area contributed by atoms with Crippen LogP contribution < -0.4 is 5.32 Å². The highest BCUT2D eigenvalue weighted by atomic mass is 16.2. The molecule has 6 heteroatoms. The standard InChI is InChI=1S/C11H13N5O/c1-9-6-14-15-16(9)8-11(17)13-7-10-2-4-12-5-3-10/h2-6H,7-8H2,1H3,(H,13,17). The lowest BCUT2D eigenvalue weighted by molar-refractivity contribution is -0.122. The monoisotopic (exact) mass is 231 g/mol. The molecule has 2 aromatic rings. The SMILES string of the molecule is Cc1cnnn1CC(=O)NCc1ccncc1. The molecular weight excluding hydrogens is 218 g/mol. The first-order chi connectivity index (χ1) is 8.25. The Morgan fingerprint density at radius 1 is 1.41 bits per heavy atom. The van der Waals surface area contributed by atoms with E-state index in [0.717, 1.165) is 11.3 Å². The van der Waals surface area contributed by atoms with Crippen LogP contribution in [0.4, 0.5) is 0 Å². The first-order valence-corrected chi connectivity index (χ1v) is 5.26. The van der Waals surface area contributed by atoms with Gasteiger partial charge in [-0.2, -0.15) is 0 Å². The Kier molecular flexibility index (Phi) is 3.44. The summed E-state index contributed by atoms with van der Waals surface area (Å²) in [7, 11) is 0. The predicted molar refractivity (Wildman–Crippen MR) is 60.8 cm³/mol. The molecule has 0 aromatic carbocycles. The molecule has 2 heterocycles. The van der Waals surface area contributed by atoms with Crippen molar-refractivity contribution in [2.45, 2.75) is 20.0 Å². The van der Waals surface area contributed by atoms with Crippen molar-refractivity contribution in [2.75, 3.05) is 0 Å². The van der Waals surface area contributed by atoms with Gasteiger partial charge < -0.3 is 5.32 Å². The van der Waals surface area contributed by atoms with Crippen molar-refractivity contribution in [3.05, 3.63) is 42.0 Å². The summed E-state index contributed by atoms with van der Waals surface area (Å²) < 4.78 is 1.56. The van der Waals surface area contributed by atoms with Gasteiger partial charge in [-0.25, -0.2) is 4.68 Å². The number of hydrogen-bond donors (Lipinski definition) is 1. The van der Waals surface area contributed by atoms with Crippen LogP contribution in [0.15, 0.2) is 30.7 Å². The molecule has 0 aliphatic carbocycles. The third-order valence-corrected chi connectivity index (χ3v) is 2.34. The van der Waals surface area contributed by atoms with Crippen molar-refractivity contribution in [2.24, 2.45) is 0 Å². The van der Waals surface area contributed by atoms with E-state index in [-0.39, 0.29) is 12.5 Å². The second-order valence-corrected chi connectivity index (χ2v) is 3.67. The molecule has 0 spiro atoms. The van der Waals surface area contributed by atoms with Gasteiger partial charge in [-0.15, -0.1) is 5.10 Å². The molecule has 0 unspecified atom stereocenters. The van der Waals surface area contributed by atoms with E-state index < -0.39 is 0 Å². The average Bonchev–Trinajstić information content (AvgIpc) is 2.74. The summed E-state index contributed by atoms with van der Waals surface area (Å²) in [5.41, 5.74) is 1.88. The van der Waals surface area contributed by atoms with Crippen molar-refractivity contribution < 1.29 is 4.79 Å². The molecule has 0 aliphatic heterocycles. The van der Waals surface area contributed by atoms with Crippen LogP contribution in [0.1, 0.15) is 11.3 Å². The fourth-order valence-electron chi connectivity index (χ4n) is 1.36. The molecule has 6 nitrogen and oxygen atoms in total. The molecule has 0 bridgehead atoms. The van der Waals surface area contributed by atoms with E-state index >= 15 is 0 Å². The van der Waals surface area contributed by atoms with Crippen LogP contribution in [-0.2, 0) is 17.9 Å². The highest BCUT2D eigenvalue weighted by Crippen LogP contribution is 1.96. The van der Waals surface area contributed by atoms with Gasteiger partial charge in [0.1, 0.15) is 6.54 Å². The number of amides is 1. The minimum absolute atomic E-state index is 0.0876. The summed E-state index contributed by atoms with van der Waals surface area (Å²) in [4.78, 5) is 15.5. The quantitative estimate of drug-likeness (QED) is 0.821. The Morgan fingerprint density at radius 3 is 2.82 bits per heavy atom. The Hall–Kier alpha value is -2.24. The molecule has 0 atom stereocenters. The van der Waals surface area contributed by atoms with Crippen LogP contribution in [0.5, 0.6) is 0 Å². The van der Waals surface area contributed by atoms with E-state index in [1.54, 1.807) is 23.3 Å². The molecular formula is C11H13N5O. The molecule has 2 aromatic heterocycles. The zero-order valence-electron chi connectivity index (χ0n) is 9.50. The summed E-state index contributed by atoms with van der Waals surface area (Å²) in [6.45, 7) is 2.54. The van der Waals surface area contributed by atoms with Crippen LogP contribution >= 0.6 is 0 Å². The van der Waals surface area contributed by atoms with E-state index in [4.69, 9.17) is 0 Å². The normalized spacial score (nSPS) is 10.2. The van der Waals surface area contributed by atoms with Crippen LogP contribution in [-0.4, -0.2) is 25.9 Å². The number of pyridine rings is 1. The fraction of sp³-hybridized carbons (Fsp3) is 0.273. The summed E-state index contributed by atoms with van der Waals surface area (Å²) in [5, 5.41) is 10.3. The Bertz CT molecular complexity index is 494. The molecule has 0 aliphatic rings. The van der Waals surface area contributed by atoms with Gasteiger partial charge in [0.05, 0.1) is 11.9 Å². The number of carbonyl (C=O) groups excluding carboxylic acids is 1. The first-order valence-electron chi connectivity index (χ1n) is 5.26. The lowest BCUT2D eigenvalue weighted by Crippen LogP contribution is -2.27. The van der Waals surface area contributed by atoms with E-state index in [1.165, 1.54) is 0 Å². The fourth-order valence-corrected chi connectivity index (χ4v) is 1.36.